The zero-order valence-corrected chi connectivity index (χ0v) is 7.02. The molecule has 0 aromatic carbocycles. The van der Waals surface area contributed by atoms with Crippen LogP contribution in [0.25, 0.3) is 0 Å². The molecule has 0 fully saturated rings. The summed E-state index contributed by atoms with van der Waals surface area (Å²) in [5, 5.41) is 0. The van der Waals surface area contributed by atoms with Gasteiger partial charge in [0.1, 0.15) is 0 Å². The SMILES string of the molecule is CP(C)C.OP(O)O. The Labute approximate surface area is 52.1 Å². The molecule has 8 heavy (non-hydrogen) atoms. The van der Waals surface area contributed by atoms with Crippen molar-refractivity contribution in [1.29, 1.82) is 0 Å². The van der Waals surface area contributed by atoms with Gasteiger partial charge in [0.25, 0.3) is 0 Å². The van der Waals surface area contributed by atoms with Gasteiger partial charge in [-0.05, 0) is 20.0 Å². The van der Waals surface area contributed by atoms with Crippen molar-refractivity contribution in [3.05, 3.63) is 0 Å². The summed E-state index contributed by atoms with van der Waals surface area (Å²) in [6, 6.07) is 0. The van der Waals surface area contributed by atoms with Crippen LogP contribution in [-0.4, -0.2) is 34.7 Å². The van der Waals surface area contributed by atoms with E-state index in [1.54, 1.807) is 0 Å². The molecule has 5 heteroatoms. The van der Waals surface area contributed by atoms with Crippen LogP contribution in [0.4, 0.5) is 0 Å². The average molecular weight is 158 g/mol. The van der Waals surface area contributed by atoms with Gasteiger partial charge in [0.05, 0.1) is 0 Å². The minimum atomic E-state index is -2.62. The van der Waals surface area contributed by atoms with Gasteiger partial charge in [0.2, 0.25) is 0 Å². The zero-order valence-electron chi connectivity index (χ0n) is 5.24. The van der Waals surface area contributed by atoms with E-state index in [0.717, 1.165) is 0 Å². The average Bonchev–Trinajstić information content (AvgIpc) is 1.25. The monoisotopic (exact) mass is 158 g/mol. The summed E-state index contributed by atoms with van der Waals surface area (Å²) in [6.07, 6.45) is 0. The lowest BCUT2D eigenvalue weighted by Crippen LogP contribution is -1.54. The Bertz CT molecular complexity index is 28.0. The van der Waals surface area contributed by atoms with E-state index >= 15 is 0 Å². The first-order chi connectivity index (χ1) is 3.46. The molecule has 0 aliphatic heterocycles. The highest BCUT2D eigenvalue weighted by Crippen LogP contribution is 2.14. The third-order valence-corrected chi connectivity index (χ3v) is 0. The van der Waals surface area contributed by atoms with Crippen molar-refractivity contribution in [2.24, 2.45) is 0 Å². The fraction of sp³-hybridized carbons (Fsp3) is 1.00. The maximum Gasteiger partial charge on any atom is 0.324 e. The highest BCUT2D eigenvalue weighted by molar-refractivity contribution is 7.55. The lowest BCUT2D eigenvalue weighted by Gasteiger charge is -1.81. The summed E-state index contributed by atoms with van der Waals surface area (Å²) in [4.78, 5) is 21.7. The van der Waals surface area contributed by atoms with Gasteiger partial charge in [-0.3, -0.25) is 0 Å². The van der Waals surface area contributed by atoms with Crippen molar-refractivity contribution >= 4 is 16.5 Å². The molecule has 0 aromatic rings. The van der Waals surface area contributed by atoms with Gasteiger partial charge < -0.3 is 14.7 Å². The molecule has 0 rings (SSSR count). The molecule has 0 aromatic heterocycles. The predicted octanol–water partition coefficient (Wildman–Crippen LogP) is 0.548. The molecule has 0 saturated carbocycles. The van der Waals surface area contributed by atoms with Crippen molar-refractivity contribution in [1.82, 2.24) is 0 Å². The van der Waals surface area contributed by atoms with Gasteiger partial charge in [-0.25, -0.2) is 0 Å². The first kappa shape index (κ1) is 11.5. The molecule has 0 amide bonds. The molecule has 0 unspecified atom stereocenters. The Balaban J connectivity index is 0. The second-order valence-corrected chi connectivity index (χ2v) is 4.83. The predicted molar refractivity (Wildman–Crippen MR) is 38.3 cm³/mol. The zero-order chi connectivity index (χ0) is 7.15. The smallest absolute Gasteiger partial charge is 0.324 e. The van der Waals surface area contributed by atoms with Gasteiger partial charge in [-0.1, -0.05) is 0 Å². The Morgan fingerprint density at radius 1 is 0.875 bits per heavy atom. The second-order valence-electron chi connectivity index (χ2n) is 1.61. The topological polar surface area (TPSA) is 60.7 Å². The van der Waals surface area contributed by atoms with E-state index in [0.29, 0.717) is 7.92 Å². The second kappa shape index (κ2) is 7.74. The van der Waals surface area contributed by atoms with Crippen LogP contribution in [0.15, 0.2) is 0 Å². The Morgan fingerprint density at radius 2 is 0.875 bits per heavy atom. The van der Waals surface area contributed by atoms with E-state index in [1.165, 1.54) is 0 Å². The van der Waals surface area contributed by atoms with Gasteiger partial charge >= 0.3 is 8.60 Å². The van der Waals surface area contributed by atoms with Crippen LogP contribution in [0.5, 0.6) is 0 Å². The van der Waals surface area contributed by atoms with E-state index in [2.05, 4.69) is 20.0 Å². The van der Waals surface area contributed by atoms with Crippen molar-refractivity contribution < 1.29 is 14.7 Å². The van der Waals surface area contributed by atoms with E-state index in [9.17, 15) is 0 Å². The molecule has 0 heterocycles. The largest absolute Gasteiger partial charge is 0.328 e. The maximum absolute atomic E-state index is 7.23. The molecule has 0 bridgehead atoms. The van der Waals surface area contributed by atoms with Crippen molar-refractivity contribution in [3.8, 4) is 0 Å². The molecule has 0 aliphatic rings. The van der Waals surface area contributed by atoms with Crippen molar-refractivity contribution in [2.75, 3.05) is 20.0 Å². The van der Waals surface area contributed by atoms with Crippen LogP contribution >= 0.6 is 16.5 Å². The maximum atomic E-state index is 7.23. The lowest BCUT2D eigenvalue weighted by molar-refractivity contribution is 0.368. The van der Waals surface area contributed by atoms with Gasteiger partial charge in [-0.15, -0.1) is 7.92 Å². The molecule has 3 N–H and O–H groups in total. The van der Waals surface area contributed by atoms with Crippen LogP contribution in [-0.2, 0) is 0 Å². The van der Waals surface area contributed by atoms with Gasteiger partial charge in [-0.2, -0.15) is 0 Å². The number of hydrogen-bond donors (Lipinski definition) is 3. The summed E-state index contributed by atoms with van der Waals surface area (Å²) in [7, 11) is -2.24. The summed E-state index contributed by atoms with van der Waals surface area (Å²) in [5.41, 5.74) is 0. The standard InChI is InChI=1S/C3H9P.H3O3P/c2*1-4(2)3/h1-3H3;1-3H. The fourth-order valence-electron chi connectivity index (χ4n) is 0. The van der Waals surface area contributed by atoms with E-state index in [4.69, 9.17) is 14.7 Å². The summed E-state index contributed by atoms with van der Waals surface area (Å²) >= 11 is 0. The molecule has 0 saturated heterocycles. The number of hydrogen-bond acceptors (Lipinski definition) is 3. The van der Waals surface area contributed by atoms with Gasteiger partial charge in [0.15, 0.2) is 0 Å². The first-order valence-electron chi connectivity index (χ1n) is 1.94. The Hall–Kier alpha value is 0.740. The van der Waals surface area contributed by atoms with Crippen LogP contribution < -0.4 is 0 Å². The molecule has 52 valence electrons. The fourth-order valence-corrected chi connectivity index (χ4v) is 0. The first-order valence-corrected chi connectivity index (χ1v) is 5.82. The molecule has 0 aliphatic carbocycles. The van der Waals surface area contributed by atoms with Crippen LogP contribution in [0, 0.1) is 0 Å². The van der Waals surface area contributed by atoms with E-state index in [1.807, 2.05) is 0 Å². The van der Waals surface area contributed by atoms with Crippen molar-refractivity contribution in [3.63, 3.8) is 0 Å². The van der Waals surface area contributed by atoms with Crippen molar-refractivity contribution in [2.45, 2.75) is 0 Å². The third-order valence-electron chi connectivity index (χ3n) is 0. The normalized spacial score (nSPS) is 9.00. The highest BCUT2D eigenvalue weighted by Gasteiger charge is 1.76. The van der Waals surface area contributed by atoms with Crippen LogP contribution in [0.2, 0.25) is 0 Å². The third kappa shape index (κ3) is 406. The Morgan fingerprint density at radius 3 is 0.875 bits per heavy atom. The molecule has 3 nitrogen and oxygen atoms in total. The summed E-state index contributed by atoms with van der Waals surface area (Å²) in [6.45, 7) is 6.69. The molecular weight excluding hydrogens is 146 g/mol. The minimum Gasteiger partial charge on any atom is -0.328 e. The summed E-state index contributed by atoms with van der Waals surface area (Å²) < 4.78 is 0. The number of rotatable bonds is 0. The van der Waals surface area contributed by atoms with E-state index < -0.39 is 8.60 Å². The van der Waals surface area contributed by atoms with E-state index in [-0.39, 0.29) is 0 Å². The summed E-state index contributed by atoms with van der Waals surface area (Å²) in [5.74, 6) is 0. The lowest BCUT2D eigenvalue weighted by atomic mass is 11.9. The van der Waals surface area contributed by atoms with Crippen LogP contribution in [0.3, 0.4) is 0 Å². The Kier molecular flexibility index (Phi) is 11.2. The molecule has 0 atom stereocenters. The highest BCUT2D eigenvalue weighted by atomic mass is 31.2. The van der Waals surface area contributed by atoms with Crippen LogP contribution in [0.1, 0.15) is 0 Å². The minimum absolute atomic E-state index is 0.380. The molecule has 0 radical (unpaired) electrons. The quantitative estimate of drug-likeness (QED) is 0.451. The molecular formula is C3H12O3P2. The van der Waals surface area contributed by atoms with Gasteiger partial charge in [0, 0.05) is 0 Å². The molecule has 0 spiro atoms.